The summed E-state index contributed by atoms with van der Waals surface area (Å²) in [4.78, 5) is 5.11. The maximum Gasteiger partial charge on any atom is 0.123 e. The fourth-order valence-corrected chi connectivity index (χ4v) is 4.06. The van der Waals surface area contributed by atoms with Crippen LogP contribution in [0.2, 0.25) is 0 Å². The van der Waals surface area contributed by atoms with Crippen LogP contribution in [0, 0.1) is 0 Å². The maximum absolute atomic E-state index is 5.52. The van der Waals surface area contributed by atoms with Crippen LogP contribution in [0.4, 0.5) is 0 Å². The Morgan fingerprint density at radius 3 is 2.79 bits per heavy atom. The molecule has 0 unspecified atom stereocenters. The molecule has 2 aromatic rings. The second kappa shape index (κ2) is 6.95. The van der Waals surface area contributed by atoms with Crippen molar-refractivity contribution in [1.29, 1.82) is 0 Å². The number of benzene rings is 1. The molecule has 0 amide bonds. The summed E-state index contributed by atoms with van der Waals surface area (Å²) in [6, 6.07) is 10.9. The number of nitrogens with zero attached hydrogens (tertiary/aromatic N) is 4. The lowest BCUT2D eigenvalue weighted by Crippen LogP contribution is -2.42. The zero-order valence-electron chi connectivity index (χ0n) is 14.4. The van der Waals surface area contributed by atoms with Crippen LogP contribution in [0.3, 0.4) is 0 Å². The Kier molecular flexibility index (Phi) is 4.54. The van der Waals surface area contributed by atoms with Crippen LogP contribution < -0.4 is 4.74 Å². The summed E-state index contributed by atoms with van der Waals surface area (Å²) in [6.07, 6.45) is 4.62. The Balaban J connectivity index is 1.51. The highest BCUT2D eigenvalue weighted by molar-refractivity contribution is 5.33. The largest absolute Gasteiger partial charge is 0.496 e. The summed E-state index contributed by atoms with van der Waals surface area (Å²) < 4.78 is 7.77. The summed E-state index contributed by atoms with van der Waals surface area (Å²) in [5, 5.41) is 4.59. The normalized spacial score (nSPS) is 21.8. The molecular formula is C19H26N4O. The Morgan fingerprint density at radius 1 is 1.12 bits per heavy atom. The Bertz CT molecular complexity index is 678. The number of ether oxygens (including phenoxy) is 1. The second-order valence-corrected chi connectivity index (χ2v) is 6.91. The van der Waals surface area contributed by atoms with Crippen LogP contribution >= 0.6 is 0 Å². The van der Waals surface area contributed by atoms with Gasteiger partial charge in [0, 0.05) is 37.9 Å². The molecule has 0 aliphatic carbocycles. The zero-order chi connectivity index (χ0) is 16.4. The number of rotatable bonds is 5. The van der Waals surface area contributed by atoms with Gasteiger partial charge >= 0.3 is 0 Å². The summed E-state index contributed by atoms with van der Waals surface area (Å²) in [5.41, 5.74) is 2.58. The monoisotopic (exact) mass is 326 g/mol. The Labute approximate surface area is 143 Å². The van der Waals surface area contributed by atoms with Gasteiger partial charge in [0.1, 0.15) is 5.75 Å². The molecule has 5 nitrogen and oxygen atoms in total. The average Bonchev–Trinajstić information content (AvgIpc) is 3.27. The third kappa shape index (κ3) is 3.19. The van der Waals surface area contributed by atoms with E-state index in [9.17, 15) is 0 Å². The molecule has 24 heavy (non-hydrogen) atoms. The lowest BCUT2D eigenvalue weighted by molar-refractivity contribution is 0.138. The van der Waals surface area contributed by atoms with Crippen LogP contribution in [0.25, 0.3) is 0 Å². The molecule has 2 aliphatic heterocycles. The molecular weight excluding hydrogens is 300 g/mol. The molecule has 5 heteroatoms. The van der Waals surface area contributed by atoms with Crippen LogP contribution in [0.1, 0.15) is 30.1 Å². The first-order valence-corrected chi connectivity index (χ1v) is 8.92. The molecule has 1 saturated heterocycles. The summed E-state index contributed by atoms with van der Waals surface area (Å²) >= 11 is 0. The molecule has 1 fully saturated rings. The van der Waals surface area contributed by atoms with Crippen molar-refractivity contribution in [3.63, 3.8) is 0 Å². The minimum absolute atomic E-state index is 0.441. The Hall–Kier alpha value is -1.85. The standard InChI is InChI=1S/C19H26N4O/c1-24-19-7-3-2-6-16(19)12-22-13-17-8-9-20-23(17)18(15-22)14-21-10-4-5-11-21/h2-3,6-9,18H,4-5,10-15H2,1H3/t18-/m0/s1. The van der Waals surface area contributed by atoms with Gasteiger partial charge in [-0.15, -0.1) is 0 Å². The van der Waals surface area contributed by atoms with E-state index in [-0.39, 0.29) is 0 Å². The highest BCUT2D eigenvalue weighted by Crippen LogP contribution is 2.26. The molecule has 0 radical (unpaired) electrons. The molecule has 0 spiro atoms. The van der Waals surface area contributed by atoms with Gasteiger partial charge < -0.3 is 9.64 Å². The van der Waals surface area contributed by atoms with Gasteiger partial charge in [0.2, 0.25) is 0 Å². The SMILES string of the molecule is COc1ccccc1CN1Cc2ccnn2[C@@H](CN2CCCC2)C1. The molecule has 2 aliphatic rings. The topological polar surface area (TPSA) is 33.5 Å². The summed E-state index contributed by atoms with van der Waals surface area (Å²) in [6.45, 7) is 6.50. The van der Waals surface area contributed by atoms with Crippen molar-refractivity contribution in [2.45, 2.75) is 32.0 Å². The van der Waals surface area contributed by atoms with E-state index in [1.54, 1.807) is 7.11 Å². The van der Waals surface area contributed by atoms with Crippen LogP contribution in [0.15, 0.2) is 36.5 Å². The van der Waals surface area contributed by atoms with E-state index < -0.39 is 0 Å². The first-order valence-electron chi connectivity index (χ1n) is 8.92. The van der Waals surface area contributed by atoms with Crippen molar-refractivity contribution < 1.29 is 4.74 Å². The minimum Gasteiger partial charge on any atom is -0.496 e. The van der Waals surface area contributed by atoms with Gasteiger partial charge in [-0.3, -0.25) is 9.58 Å². The number of methoxy groups -OCH3 is 1. The van der Waals surface area contributed by atoms with E-state index in [1.165, 1.54) is 37.2 Å². The van der Waals surface area contributed by atoms with Crippen molar-refractivity contribution in [1.82, 2.24) is 19.6 Å². The van der Waals surface area contributed by atoms with Gasteiger partial charge in [0.25, 0.3) is 0 Å². The number of hydrogen-bond donors (Lipinski definition) is 0. The molecule has 0 bridgehead atoms. The van der Waals surface area contributed by atoms with Gasteiger partial charge in [0.05, 0.1) is 18.8 Å². The van der Waals surface area contributed by atoms with Crippen molar-refractivity contribution >= 4 is 0 Å². The van der Waals surface area contributed by atoms with E-state index in [1.807, 2.05) is 18.3 Å². The van der Waals surface area contributed by atoms with Crippen LogP contribution in [-0.2, 0) is 13.1 Å². The number of para-hydroxylation sites is 1. The molecule has 3 heterocycles. The highest BCUT2D eigenvalue weighted by Gasteiger charge is 2.28. The predicted molar refractivity (Wildman–Crippen MR) is 94.0 cm³/mol. The number of hydrogen-bond acceptors (Lipinski definition) is 4. The fourth-order valence-electron chi connectivity index (χ4n) is 4.06. The zero-order valence-corrected chi connectivity index (χ0v) is 14.4. The number of fused-ring (bicyclic) bond motifs is 1. The average molecular weight is 326 g/mol. The number of aromatic nitrogens is 2. The molecule has 128 valence electrons. The highest BCUT2D eigenvalue weighted by atomic mass is 16.5. The first kappa shape index (κ1) is 15.7. The first-order chi connectivity index (χ1) is 11.8. The van der Waals surface area contributed by atoms with E-state index >= 15 is 0 Å². The van der Waals surface area contributed by atoms with Crippen molar-refractivity contribution in [3.05, 3.63) is 47.8 Å². The van der Waals surface area contributed by atoms with Crippen molar-refractivity contribution in [3.8, 4) is 5.75 Å². The van der Waals surface area contributed by atoms with E-state index in [0.29, 0.717) is 6.04 Å². The van der Waals surface area contributed by atoms with E-state index in [2.05, 4.69) is 37.8 Å². The van der Waals surface area contributed by atoms with Gasteiger partial charge in [-0.25, -0.2) is 0 Å². The third-order valence-electron chi connectivity index (χ3n) is 5.21. The minimum atomic E-state index is 0.441. The lowest BCUT2D eigenvalue weighted by atomic mass is 10.1. The predicted octanol–water partition coefficient (Wildman–Crippen LogP) is 2.54. The third-order valence-corrected chi connectivity index (χ3v) is 5.21. The molecule has 0 saturated carbocycles. The van der Waals surface area contributed by atoms with Crippen LogP contribution in [0.5, 0.6) is 5.75 Å². The second-order valence-electron chi connectivity index (χ2n) is 6.91. The molecule has 4 rings (SSSR count). The smallest absolute Gasteiger partial charge is 0.123 e. The molecule has 0 N–H and O–H groups in total. The van der Waals surface area contributed by atoms with Gasteiger partial charge in [-0.1, -0.05) is 18.2 Å². The van der Waals surface area contributed by atoms with E-state index in [0.717, 1.165) is 31.9 Å². The lowest BCUT2D eigenvalue weighted by Gasteiger charge is -2.36. The quantitative estimate of drug-likeness (QED) is 0.845. The fraction of sp³-hybridized carbons (Fsp3) is 0.526. The Morgan fingerprint density at radius 2 is 1.96 bits per heavy atom. The van der Waals surface area contributed by atoms with E-state index in [4.69, 9.17) is 4.74 Å². The summed E-state index contributed by atoms with van der Waals surface area (Å²) in [7, 11) is 1.75. The molecule has 1 aromatic heterocycles. The van der Waals surface area contributed by atoms with Gasteiger partial charge in [0.15, 0.2) is 0 Å². The summed E-state index contributed by atoms with van der Waals surface area (Å²) in [5.74, 6) is 0.979. The molecule has 1 aromatic carbocycles. The number of likely N-dealkylation sites (tertiary alicyclic amines) is 1. The maximum atomic E-state index is 5.52. The van der Waals surface area contributed by atoms with Crippen LogP contribution in [-0.4, -0.2) is 52.9 Å². The van der Waals surface area contributed by atoms with Crippen molar-refractivity contribution in [2.24, 2.45) is 0 Å². The van der Waals surface area contributed by atoms with Gasteiger partial charge in [-0.2, -0.15) is 5.10 Å². The molecule has 1 atom stereocenters. The van der Waals surface area contributed by atoms with Gasteiger partial charge in [-0.05, 0) is 38.1 Å². The van der Waals surface area contributed by atoms with Crippen molar-refractivity contribution in [2.75, 3.05) is 33.3 Å².